The molecule has 1 aromatic carbocycles. The Bertz CT molecular complexity index is 1150. The molecule has 3 heterocycles. The molecule has 11 heteroatoms. The van der Waals surface area contributed by atoms with E-state index in [1.54, 1.807) is 13.0 Å². The number of carbonyl (C=O) groups is 2. The molecule has 0 radical (unpaired) electrons. The molecule has 3 aromatic rings. The molecule has 2 aromatic heterocycles. The third kappa shape index (κ3) is 3.81. The van der Waals surface area contributed by atoms with Crippen molar-refractivity contribution in [1.29, 1.82) is 0 Å². The SMILES string of the molecule is Cc1cc2c(nc1NC(=O)c1[nH]ncc1Cl)OCC(=O)N2Cc1cc(F)cc(F)c1. The first-order chi connectivity index (χ1) is 14.3. The number of nitrogens with zero attached hydrogens (tertiary/aromatic N) is 3. The van der Waals surface area contributed by atoms with Gasteiger partial charge in [-0.25, -0.2) is 8.78 Å². The predicted octanol–water partition coefficient (Wildman–Crippen LogP) is 3.22. The number of aryl methyl sites for hydroxylation is 1. The Morgan fingerprint density at radius 2 is 2.03 bits per heavy atom. The summed E-state index contributed by atoms with van der Waals surface area (Å²) in [4.78, 5) is 30.3. The van der Waals surface area contributed by atoms with Crippen molar-refractivity contribution in [2.75, 3.05) is 16.8 Å². The van der Waals surface area contributed by atoms with Crippen LogP contribution in [0.2, 0.25) is 5.02 Å². The van der Waals surface area contributed by atoms with Crippen molar-refractivity contribution < 1.29 is 23.1 Å². The fourth-order valence-electron chi connectivity index (χ4n) is 3.01. The van der Waals surface area contributed by atoms with Crippen molar-refractivity contribution in [1.82, 2.24) is 15.2 Å². The summed E-state index contributed by atoms with van der Waals surface area (Å²) in [6.45, 7) is 1.30. The average Bonchev–Trinajstić information content (AvgIpc) is 3.10. The fraction of sp³-hybridized carbons (Fsp3) is 0.158. The van der Waals surface area contributed by atoms with Gasteiger partial charge in [0.2, 0.25) is 5.88 Å². The first-order valence-electron chi connectivity index (χ1n) is 8.72. The fourth-order valence-corrected chi connectivity index (χ4v) is 3.19. The van der Waals surface area contributed by atoms with Gasteiger partial charge in [-0.3, -0.25) is 14.7 Å². The van der Waals surface area contributed by atoms with Crippen molar-refractivity contribution in [2.45, 2.75) is 13.5 Å². The lowest BCUT2D eigenvalue weighted by molar-refractivity contribution is -0.121. The predicted molar refractivity (Wildman–Crippen MR) is 104 cm³/mol. The number of fused-ring (bicyclic) bond motifs is 1. The largest absolute Gasteiger partial charge is 0.466 e. The zero-order valence-corrected chi connectivity index (χ0v) is 16.3. The number of benzene rings is 1. The van der Waals surface area contributed by atoms with Crippen LogP contribution in [0.4, 0.5) is 20.3 Å². The smallest absolute Gasteiger partial charge is 0.276 e. The maximum atomic E-state index is 13.5. The van der Waals surface area contributed by atoms with Crippen LogP contribution in [0.25, 0.3) is 0 Å². The second-order valence-electron chi connectivity index (χ2n) is 6.57. The maximum absolute atomic E-state index is 13.5. The van der Waals surface area contributed by atoms with Gasteiger partial charge in [0.05, 0.1) is 17.8 Å². The minimum absolute atomic E-state index is 0.0690. The monoisotopic (exact) mass is 433 g/mol. The van der Waals surface area contributed by atoms with Gasteiger partial charge in [0.15, 0.2) is 6.61 Å². The van der Waals surface area contributed by atoms with E-state index in [0.29, 0.717) is 11.3 Å². The van der Waals surface area contributed by atoms with Gasteiger partial charge in [-0.15, -0.1) is 0 Å². The van der Waals surface area contributed by atoms with Crippen LogP contribution < -0.4 is 15.0 Å². The Hall–Kier alpha value is -3.53. The van der Waals surface area contributed by atoms with E-state index < -0.39 is 23.4 Å². The molecule has 0 saturated carbocycles. The van der Waals surface area contributed by atoms with Crippen molar-refractivity contribution in [2.24, 2.45) is 0 Å². The Morgan fingerprint density at radius 3 is 2.70 bits per heavy atom. The average molecular weight is 434 g/mol. The van der Waals surface area contributed by atoms with E-state index in [1.807, 2.05) is 0 Å². The van der Waals surface area contributed by atoms with Gasteiger partial charge >= 0.3 is 0 Å². The summed E-state index contributed by atoms with van der Waals surface area (Å²) in [6.07, 6.45) is 1.30. The quantitative estimate of drug-likeness (QED) is 0.658. The summed E-state index contributed by atoms with van der Waals surface area (Å²) in [7, 11) is 0. The van der Waals surface area contributed by atoms with Crippen LogP contribution in [0.1, 0.15) is 21.6 Å². The van der Waals surface area contributed by atoms with E-state index in [-0.39, 0.29) is 41.1 Å². The van der Waals surface area contributed by atoms with Gasteiger partial charge in [-0.2, -0.15) is 10.1 Å². The van der Waals surface area contributed by atoms with Crippen LogP contribution in [0.3, 0.4) is 0 Å². The number of amides is 2. The number of aromatic amines is 1. The van der Waals surface area contributed by atoms with E-state index in [1.165, 1.54) is 11.1 Å². The molecule has 2 amide bonds. The molecular formula is C19H14ClF2N5O3. The number of hydrogen-bond donors (Lipinski definition) is 2. The summed E-state index contributed by atoms with van der Waals surface area (Å²) in [5.74, 6) is -2.12. The van der Waals surface area contributed by atoms with E-state index in [0.717, 1.165) is 18.2 Å². The number of carbonyl (C=O) groups excluding carboxylic acids is 2. The lowest BCUT2D eigenvalue weighted by Gasteiger charge is -2.29. The summed E-state index contributed by atoms with van der Waals surface area (Å²) >= 11 is 5.89. The first-order valence-corrected chi connectivity index (χ1v) is 9.09. The third-order valence-corrected chi connectivity index (χ3v) is 4.69. The zero-order valence-electron chi connectivity index (χ0n) is 15.5. The minimum Gasteiger partial charge on any atom is -0.466 e. The molecule has 30 heavy (non-hydrogen) atoms. The van der Waals surface area contributed by atoms with E-state index in [4.69, 9.17) is 16.3 Å². The van der Waals surface area contributed by atoms with Crippen LogP contribution in [0, 0.1) is 18.6 Å². The van der Waals surface area contributed by atoms with Crippen molar-refractivity contribution in [3.8, 4) is 5.88 Å². The molecular weight excluding hydrogens is 420 g/mol. The van der Waals surface area contributed by atoms with Gasteiger partial charge in [-0.1, -0.05) is 11.6 Å². The van der Waals surface area contributed by atoms with E-state index >= 15 is 0 Å². The number of rotatable bonds is 4. The van der Waals surface area contributed by atoms with Gasteiger partial charge in [0.25, 0.3) is 11.8 Å². The highest BCUT2D eigenvalue weighted by atomic mass is 35.5. The molecule has 154 valence electrons. The van der Waals surface area contributed by atoms with E-state index in [2.05, 4.69) is 20.5 Å². The summed E-state index contributed by atoms with van der Waals surface area (Å²) in [6, 6.07) is 4.65. The topological polar surface area (TPSA) is 100 Å². The Balaban J connectivity index is 1.64. The Kier molecular flexibility index (Phi) is 5.08. The molecule has 0 saturated heterocycles. The number of H-pyrrole nitrogens is 1. The van der Waals surface area contributed by atoms with Crippen molar-refractivity contribution >= 4 is 34.9 Å². The van der Waals surface area contributed by atoms with Crippen LogP contribution in [0.15, 0.2) is 30.5 Å². The van der Waals surface area contributed by atoms with Crippen LogP contribution in [-0.2, 0) is 11.3 Å². The molecule has 1 aliphatic heterocycles. The van der Waals surface area contributed by atoms with Gasteiger partial charge in [0, 0.05) is 6.07 Å². The lowest BCUT2D eigenvalue weighted by Crippen LogP contribution is -2.38. The highest BCUT2D eigenvalue weighted by molar-refractivity contribution is 6.34. The molecule has 0 fully saturated rings. The summed E-state index contributed by atoms with van der Waals surface area (Å²) in [5.41, 5.74) is 1.21. The summed E-state index contributed by atoms with van der Waals surface area (Å²) < 4.78 is 32.4. The minimum atomic E-state index is -0.740. The number of ether oxygens (including phenoxy) is 1. The highest BCUT2D eigenvalue weighted by Crippen LogP contribution is 2.35. The molecule has 1 aliphatic rings. The Labute approximate surface area is 173 Å². The second kappa shape index (κ2) is 7.71. The Morgan fingerprint density at radius 1 is 1.30 bits per heavy atom. The summed E-state index contributed by atoms with van der Waals surface area (Å²) in [5, 5.41) is 8.93. The molecule has 0 aliphatic carbocycles. The number of anilines is 2. The maximum Gasteiger partial charge on any atom is 0.276 e. The van der Waals surface area contributed by atoms with Crippen molar-refractivity contribution in [3.05, 3.63) is 63.9 Å². The zero-order chi connectivity index (χ0) is 21.4. The normalized spacial score (nSPS) is 13.1. The van der Waals surface area contributed by atoms with Crippen LogP contribution in [-0.4, -0.2) is 33.6 Å². The first kappa shape index (κ1) is 19.8. The van der Waals surface area contributed by atoms with E-state index in [9.17, 15) is 18.4 Å². The molecule has 0 unspecified atom stereocenters. The number of hydrogen-bond acceptors (Lipinski definition) is 5. The molecule has 2 N–H and O–H groups in total. The van der Waals surface area contributed by atoms with Gasteiger partial charge < -0.3 is 15.0 Å². The molecule has 0 atom stereocenters. The third-order valence-electron chi connectivity index (χ3n) is 4.40. The molecule has 0 spiro atoms. The highest BCUT2D eigenvalue weighted by Gasteiger charge is 2.29. The number of aromatic nitrogens is 3. The lowest BCUT2D eigenvalue weighted by atomic mass is 10.1. The van der Waals surface area contributed by atoms with Gasteiger partial charge in [-0.05, 0) is 36.2 Å². The number of pyridine rings is 1. The molecule has 4 rings (SSSR count). The van der Waals surface area contributed by atoms with Crippen LogP contribution in [0.5, 0.6) is 5.88 Å². The molecule has 8 nitrogen and oxygen atoms in total. The number of nitrogens with one attached hydrogen (secondary N) is 2. The van der Waals surface area contributed by atoms with Crippen molar-refractivity contribution in [3.63, 3.8) is 0 Å². The van der Waals surface area contributed by atoms with Crippen LogP contribution >= 0.6 is 11.6 Å². The van der Waals surface area contributed by atoms with Gasteiger partial charge in [0.1, 0.15) is 28.8 Å². The number of halogens is 3. The standard InChI is InChI=1S/C19H14ClF2N5O3/c1-9-2-14-19(25-17(9)24-18(29)16-13(20)6-23-26-16)30-8-15(28)27(14)7-10-3-11(21)5-12(22)4-10/h2-6H,7-8H2,1H3,(H,23,26)(H,24,25,29). The second-order valence-corrected chi connectivity index (χ2v) is 6.98. The molecule has 0 bridgehead atoms.